The molecule has 0 atom stereocenters. The number of anilines is 1. The average Bonchev–Trinajstić information content (AvgIpc) is 3.33. The first-order valence-electron chi connectivity index (χ1n) is 8.39. The Balaban J connectivity index is 1.69. The Hall–Kier alpha value is -3.41. The van der Waals surface area contributed by atoms with Gasteiger partial charge in [-0.05, 0) is 30.2 Å². The van der Waals surface area contributed by atoms with Crippen molar-refractivity contribution in [1.29, 1.82) is 0 Å². The van der Waals surface area contributed by atoms with Gasteiger partial charge >= 0.3 is 0 Å². The zero-order valence-corrected chi connectivity index (χ0v) is 14.7. The number of rotatable bonds is 5. The van der Waals surface area contributed by atoms with Gasteiger partial charge in [0.2, 0.25) is 5.95 Å². The first-order valence-corrected chi connectivity index (χ1v) is 8.39. The Bertz CT molecular complexity index is 1020. The monoisotopic (exact) mass is 345 g/mol. The van der Waals surface area contributed by atoms with E-state index in [1.54, 1.807) is 18.7 Å². The summed E-state index contributed by atoms with van der Waals surface area (Å²) in [6.07, 6.45) is 7.07. The van der Waals surface area contributed by atoms with Crippen LogP contribution in [0, 0.1) is 6.92 Å². The lowest BCUT2D eigenvalue weighted by Gasteiger charge is -2.11. The zero-order chi connectivity index (χ0) is 17.9. The number of furan rings is 1. The summed E-state index contributed by atoms with van der Waals surface area (Å²) in [5, 5.41) is 3.30. The molecule has 0 aliphatic heterocycles. The molecule has 0 radical (unpaired) electrons. The third-order valence-electron chi connectivity index (χ3n) is 4.30. The van der Waals surface area contributed by atoms with Crippen LogP contribution in [0.3, 0.4) is 0 Å². The maximum absolute atomic E-state index is 5.58. The van der Waals surface area contributed by atoms with Crippen molar-refractivity contribution in [3.8, 4) is 22.8 Å². The third kappa shape index (κ3) is 3.09. The largest absolute Gasteiger partial charge is 0.463 e. The van der Waals surface area contributed by atoms with E-state index in [0.717, 1.165) is 11.4 Å². The minimum absolute atomic E-state index is 0.553. The maximum atomic E-state index is 5.58. The predicted octanol–water partition coefficient (Wildman–Crippen LogP) is 4.06. The number of aromatic nitrogens is 4. The number of hydrogen-bond donors (Lipinski definition) is 1. The second-order valence-corrected chi connectivity index (χ2v) is 6.07. The van der Waals surface area contributed by atoms with E-state index in [1.165, 1.54) is 11.1 Å². The second-order valence-electron chi connectivity index (χ2n) is 6.07. The summed E-state index contributed by atoms with van der Waals surface area (Å²) in [5.41, 5.74) is 3.99. The van der Waals surface area contributed by atoms with Gasteiger partial charge in [0.25, 0.3) is 0 Å². The zero-order valence-electron chi connectivity index (χ0n) is 14.7. The van der Waals surface area contributed by atoms with E-state index in [4.69, 9.17) is 4.42 Å². The molecular formula is C20H19N5O. The third-order valence-corrected chi connectivity index (χ3v) is 4.30. The molecule has 130 valence electrons. The Morgan fingerprint density at radius 2 is 2.00 bits per heavy atom. The molecule has 1 aromatic carbocycles. The quantitative estimate of drug-likeness (QED) is 0.591. The lowest BCUT2D eigenvalue weighted by atomic mass is 10.1. The van der Waals surface area contributed by atoms with Crippen LogP contribution in [-0.4, -0.2) is 19.5 Å². The van der Waals surface area contributed by atoms with Crippen molar-refractivity contribution in [2.75, 3.05) is 5.32 Å². The van der Waals surface area contributed by atoms with Gasteiger partial charge in [-0.2, -0.15) is 0 Å². The van der Waals surface area contributed by atoms with Crippen LogP contribution in [0.25, 0.3) is 22.8 Å². The van der Waals surface area contributed by atoms with Crippen LogP contribution in [-0.2, 0) is 13.6 Å². The summed E-state index contributed by atoms with van der Waals surface area (Å²) in [6, 6.07) is 12.0. The van der Waals surface area contributed by atoms with Crippen LogP contribution in [0.15, 0.2) is 65.7 Å². The second kappa shape index (κ2) is 6.84. The highest BCUT2D eigenvalue weighted by Gasteiger charge is 2.16. The molecule has 1 N–H and O–H groups in total. The van der Waals surface area contributed by atoms with Crippen molar-refractivity contribution in [2.45, 2.75) is 13.5 Å². The summed E-state index contributed by atoms with van der Waals surface area (Å²) in [7, 11) is 1.94. The van der Waals surface area contributed by atoms with E-state index in [1.807, 2.05) is 42.1 Å². The highest BCUT2D eigenvalue weighted by Crippen LogP contribution is 2.30. The van der Waals surface area contributed by atoms with E-state index in [-0.39, 0.29) is 0 Å². The molecule has 0 aliphatic carbocycles. The van der Waals surface area contributed by atoms with Gasteiger partial charge in [0.15, 0.2) is 5.76 Å². The van der Waals surface area contributed by atoms with Crippen molar-refractivity contribution < 1.29 is 4.42 Å². The van der Waals surface area contributed by atoms with Crippen LogP contribution >= 0.6 is 0 Å². The Labute approximate surface area is 151 Å². The molecule has 4 aromatic rings. The van der Waals surface area contributed by atoms with E-state index in [2.05, 4.69) is 39.3 Å². The lowest BCUT2D eigenvalue weighted by molar-refractivity contribution is 0.580. The summed E-state index contributed by atoms with van der Waals surface area (Å²) >= 11 is 0. The minimum atomic E-state index is 0.553. The molecule has 0 fully saturated rings. The minimum Gasteiger partial charge on any atom is -0.463 e. The van der Waals surface area contributed by atoms with Gasteiger partial charge < -0.3 is 14.3 Å². The summed E-state index contributed by atoms with van der Waals surface area (Å²) in [5.74, 6) is 2.03. The number of nitrogens with one attached hydrogen (secondary N) is 1. The molecule has 26 heavy (non-hydrogen) atoms. The Morgan fingerprint density at radius 3 is 2.73 bits per heavy atom. The van der Waals surface area contributed by atoms with Crippen molar-refractivity contribution in [2.24, 2.45) is 7.05 Å². The number of imidazole rings is 1. The van der Waals surface area contributed by atoms with Gasteiger partial charge in [0.05, 0.1) is 11.8 Å². The van der Waals surface area contributed by atoms with Crippen LogP contribution in [0.5, 0.6) is 0 Å². The highest BCUT2D eigenvalue weighted by atomic mass is 16.3. The molecule has 0 saturated carbocycles. The predicted molar refractivity (Wildman–Crippen MR) is 100 cm³/mol. The topological polar surface area (TPSA) is 68.8 Å². The van der Waals surface area contributed by atoms with Crippen molar-refractivity contribution in [3.63, 3.8) is 0 Å². The van der Waals surface area contributed by atoms with Gasteiger partial charge in [-0.15, -0.1) is 0 Å². The Morgan fingerprint density at radius 1 is 1.12 bits per heavy atom. The van der Waals surface area contributed by atoms with Gasteiger partial charge in [-0.1, -0.05) is 24.3 Å². The summed E-state index contributed by atoms with van der Waals surface area (Å²) in [4.78, 5) is 13.6. The fraction of sp³-hybridized carbons (Fsp3) is 0.150. The van der Waals surface area contributed by atoms with Crippen molar-refractivity contribution >= 4 is 5.95 Å². The molecule has 0 saturated heterocycles. The normalized spacial score (nSPS) is 10.8. The fourth-order valence-corrected chi connectivity index (χ4v) is 2.84. The number of benzene rings is 1. The van der Waals surface area contributed by atoms with Crippen LogP contribution < -0.4 is 5.32 Å². The summed E-state index contributed by atoms with van der Waals surface area (Å²) < 4.78 is 7.52. The molecule has 6 nitrogen and oxygen atoms in total. The standard InChI is InChI=1S/C20H19N5O/c1-14-6-3-4-7-15(14)12-22-20-23-13-16(19-21-9-10-25(19)2)18(24-20)17-8-5-11-26-17/h3-11,13H,12H2,1-2H3,(H,22,23,24). The van der Waals surface area contributed by atoms with Crippen LogP contribution in [0.2, 0.25) is 0 Å². The molecule has 0 spiro atoms. The Kier molecular flexibility index (Phi) is 4.23. The van der Waals surface area contributed by atoms with E-state index in [0.29, 0.717) is 23.9 Å². The number of nitrogens with zero attached hydrogens (tertiary/aromatic N) is 4. The number of hydrogen-bond acceptors (Lipinski definition) is 5. The molecule has 3 aromatic heterocycles. The maximum Gasteiger partial charge on any atom is 0.223 e. The number of aryl methyl sites for hydroxylation is 2. The van der Waals surface area contributed by atoms with Gasteiger partial charge in [0, 0.05) is 32.2 Å². The molecule has 4 rings (SSSR count). The van der Waals surface area contributed by atoms with Crippen LogP contribution in [0.1, 0.15) is 11.1 Å². The molecular weight excluding hydrogens is 326 g/mol. The molecule has 6 heteroatoms. The first-order chi connectivity index (χ1) is 12.7. The molecule has 0 aliphatic rings. The van der Waals surface area contributed by atoms with Crippen molar-refractivity contribution in [1.82, 2.24) is 19.5 Å². The molecule has 3 heterocycles. The van der Waals surface area contributed by atoms with Gasteiger partial charge in [0.1, 0.15) is 11.5 Å². The molecule has 0 bridgehead atoms. The van der Waals surface area contributed by atoms with E-state index in [9.17, 15) is 0 Å². The van der Waals surface area contributed by atoms with Crippen molar-refractivity contribution in [3.05, 3.63) is 72.4 Å². The average molecular weight is 345 g/mol. The summed E-state index contributed by atoms with van der Waals surface area (Å²) in [6.45, 7) is 2.75. The first kappa shape index (κ1) is 16.1. The van der Waals surface area contributed by atoms with E-state index < -0.39 is 0 Å². The van der Waals surface area contributed by atoms with Gasteiger partial charge in [-0.3, -0.25) is 0 Å². The SMILES string of the molecule is Cc1ccccc1CNc1ncc(-c2nccn2C)c(-c2ccco2)n1. The highest BCUT2D eigenvalue weighted by molar-refractivity contribution is 5.75. The smallest absolute Gasteiger partial charge is 0.223 e. The molecule has 0 unspecified atom stereocenters. The van der Waals surface area contributed by atoms with E-state index >= 15 is 0 Å². The molecule has 0 amide bonds. The fourth-order valence-electron chi connectivity index (χ4n) is 2.84. The lowest BCUT2D eigenvalue weighted by Crippen LogP contribution is -2.06. The van der Waals surface area contributed by atoms with Crippen LogP contribution in [0.4, 0.5) is 5.95 Å². The van der Waals surface area contributed by atoms with Gasteiger partial charge in [-0.25, -0.2) is 15.0 Å².